The van der Waals surface area contributed by atoms with Gasteiger partial charge >= 0.3 is 0 Å². The number of nitrogens with zero attached hydrogens (tertiary/aromatic N) is 1. The Labute approximate surface area is 109 Å². The van der Waals surface area contributed by atoms with Gasteiger partial charge in [0.2, 0.25) is 0 Å². The first-order chi connectivity index (χ1) is 7.63. The summed E-state index contributed by atoms with van der Waals surface area (Å²) in [7, 11) is -3.52. The highest BCUT2D eigenvalue weighted by Gasteiger charge is 2.35. The van der Waals surface area contributed by atoms with Crippen LogP contribution in [0.4, 0.5) is 0 Å². The van der Waals surface area contributed by atoms with Crippen LogP contribution in [0.3, 0.4) is 0 Å². The fourth-order valence-electron chi connectivity index (χ4n) is 1.92. The lowest BCUT2D eigenvalue weighted by atomic mass is 10.1. The summed E-state index contributed by atoms with van der Waals surface area (Å²) in [5.41, 5.74) is 5.11. The minimum atomic E-state index is -3.52. The molecule has 5 nitrogen and oxygen atoms in total. The van der Waals surface area contributed by atoms with E-state index >= 15 is 0 Å². The van der Waals surface area contributed by atoms with Crippen LogP contribution in [-0.2, 0) is 10.2 Å². The normalized spacial score (nSPS) is 23.6. The molecule has 1 atom stereocenters. The van der Waals surface area contributed by atoms with Crippen molar-refractivity contribution >= 4 is 27.4 Å². The number of rotatable bonds is 3. The number of piperidine rings is 1. The second-order valence-electron chi connectivity index (χ2n) is 5.38. The molecule has 0 radical (unpaired) electrons. The highest BCUT2D eigenvalue weighted by Crippen LogP contribution is 2.21. The maximum absolute atomic E-state index is 12.2. The Morgan fingerprint density at radius 3 is 2.47 bits per heavy atom. The van der Waals surface area contributed by atoms with Crippen molar-refractivity contribution in [2.24, 2.45) is 5.73 Å². The first-order valence-electron chi connectivity index (χ1n) is 5.73. The molecule has 7 heteroatoms. The van der Waals surface area contributed by atoms with Crippen molar-refractivity contribution in [2.45, 2.75) is 51.6 Å². The zero-order valence-corrected chi connectivity index (χ0v) is 12.2. The van der Waals surface area contributed by atoms with Crippen molar-refractivity contribution in [3.8, 4) is 0 Å². The van der Waals surface area contributed by atoms with Crippen molar-refractivity contribution < 1.29 is 8.42 Å². The summed E-state index contributed by atoms with van der Waals surface area (Å²) < 4.78 is 28.5. The van der Waals surface area contributed by atoms with Crippen LogP contribution in [0, 0.1) is 0 Å². The molecule has 0 saturated carbocycles. The summed E-state index contributed by atoms with van der Waals surface area (Å²) in [5, 5.41) is 0. The Morgan fingerprint density at radius 2 is 2.00 bits per heavy atom. The Balaban J connectivity index is 2.91. The van der Waals surface area contributed by atoms with Crippen molar-refractivity contribution in [1.82, 2.24) is 9.03 Å². The molecule has 17 heavy (non-hydrogen) atoms. The van der Waals surface area contributed by atoms with E-state index in [0.717, 1.165) is 12.8 Å². The van der Waals surface area contributed by atoms with E-state index in [1.54, 1.807) is 0 Å². The zero-order chi connectivity index (χ0) is 13.3. The molecule has 0 amide bonds. The fourth-order valence-corrected chi connectivity index (χ4v) is 4.05. The largest absolute Gasteiger partial charge is 0.392 e. The van der Waals surface area contributed by atoms with E-state index in [1.165, 1.54) is 4.31 Å². The Hall–Kier alpha value is -0.240. The van der Waals surface area contributed by atoms with Gasteiger partial charge in [-0.05, 0) is 33.6 Å². The van der Waals surface area contributed by atoms with E-state index in [1.807, 2.05) is 20.8 Å². The second kappa shape index (κ2) is 5.17. The van der Waals surface area contributed by atoms with Gasteiger partial charge in [-0.1, -0.05) is 18.6 Å². The summed E-state index contributed by atoms with van der Waals surface area (Å²) in [6.07, 6.45) is 2.52. The van der Waals surface area contributed by atoms with E-state index < -0.39 is 15.7 Å². The summed E-state index contributed by atoms with van der Waals surface area (Å²) in [6.45, 7) is 5.91. The van der Waals surface area contributed by atoms with Gasteiger partial charge < -0.3 is 5.73 Å². The molecule has 1 aliphatic heterocycles. The monoisotopic (exact) mass is 279 g/mol. The second-order valence-corrected chi connectivity index (χ2v) is 7.48. The van der Waals surface area contributed by atoms with Crippen LogP contribution in [0.2, 0.25) is 0 Å². The number of nitrogens with one attached hydrogen (secondary N) is 1. The molecule has 1 fully saturated rings. The molecule has 0 aromatic rings. The van der Waals surface area contributed by atoms with Crippen LogP contribution in [0.1, 0.15) is 40.0 Å². The number of nitrogens with two attached hydrogens (primary N) is 1. The van der Waals surface area contributed by atoms with E-state index in [-0.39, 0.29) is 11.0 Å². The van der Waals surface area contributed by atoms with Crippen LogP contribution in [0.5, 0.6) is 0 Å². The first kappa shape index (κ1) is 14.8. The third kappa shape index (κ3) is 4.17. The average Bonchev–Trinajstić information content (AvgIpc) is 2.14. The van der Waals surface area contributed by atoms with Gasteiger partial charge in [-0.3, -0.25) is 0 Å². The van der Waals surface area contributed by atoms with E-state index in [2.05, 4.69) is 4.72 Å². The molecular weight excluding hydrogens is 258 g/mol. The average molecular weight is 279 g/mol. The molecule has 3 N–H and O–H groups in total. The van der Waals surface area contributed by atoms with Gasteiger partial charge in [0, 0.05) is 12.1 Å². The zero-order valence-electron chi connectivity index (χ0n) is 10.6. The van der Waals surface area contributed by atoms with Crippen molar-refractivity contribution in [1.29, 1.82) is 0 Å². The summed E-state index contributed by atoms with van der Waals surface area (Å²) in [4.78, 5) is 0.254. The van der Waals surface area contributed by atoms with Gasteiger partial charge in [0.15, 0.2) is 0 Å². The molecule has 0 aromatic heterocycles. The molecule has 0 spiro atoms. The van der Waals surface area contributed by atoms with Gasteiger partial charge in [-0.25, -0.2) is 0 Å². The van der Waals surface area contributed by atoms with E-state index in [9.17, 15) is 8.42 Å². The highest BCUT2D eigenvalue weighted by molar-refractivity contribution is 7.87. The third-order valence-corrected chi connectivity index (χ3v) is 4.72. The smallest absolute Gasteiger partial charge is 0.280 e. The molecule has 1 saturated heterocycles. The lowest BCUT2D eigenvalue weighted by molar-refractivity contribution is 0.296. The van der Waals surface area contributed by atoms with Crippen LogP contribution in [0.25, 0.3) is 0 Å². The summed E-state index contributed by atoms with van der Waals surface area (Å²) in [5.74, 6) is 0. The Bertz CT molecular complexity index is 387. The van der Waals surface area contributed by atoms with Gasteiger partial charge in [-0.15, -0.1) is 0 Å². The third-order valence-electron chi connectivity index (χ3n) is 2.53. The van der Waals surface area contributed by atoms with Crippen molar-refractivity contribution in [2.75, 3.05) is 6.54 Å². The highest BCUT2D eigenvalue weighted by atomic mass is 32.2. The predicted octanol–water partition coefficient (Wildman–Crippen LogP) is 0.760. The minimum Gasteiger partial charge on any atom is -0.392 e. The predicted molar refractivity (Wildman–Crippen MR) is 72.9 cm³/mol. The topological polar surface area (TPSA) is 75.4 Å². The quantitative estimate of drug-likeness (QED) is 0.748. The van der Waals surface area contributed by atoms with E-state index in [0.29, 0.717) is 13.0 Å². The lowest BCUT2D eigenvalue weighted by Crippen LogP contribution is -2.56. The number of thiocarbonyl (C=S) groups is 1. The summed E-state index contributed by atoms with van der Waals surface area (Å²) >= 11 is 4.95. The van der Waals surface area contributed by atoms with Gasteiger partial charge in [0.1, 0.15) is 0 Å². The number of hydrogen-bond acceptors (Lipinski definition) is 3. The van der Waals surface area contributed by atoms with Crippen LogP contribution < -0.4 is 10.5 Å². The maximum Gasteiger partial charge on any atom is 0.280 e. The van der Waals surface area contributed by atoms with Gasteiger partial charge in [0.25, 0.3) is 10.2 Å². The molecule has 1 heterocycles. The SMILES string of the molecule is CC(C)(C)NS(=O)(=O)N1CCCCC1C(N)=S. The van der Waals surface area contributed by atoms with Crippen LogP contribution >= 0.6 is 12.2 Å². The molecule has 0 aliphatic carbocycles. The van der Waals surface area contributed by atoms with Crippen molar-refractivity contribution in [3.63, 3.8) is 0 Å². The van der Waals surface area contributed by atoms with Gasteiger partial charge in [-0.2, -0.15) is 17.4 Å². The Kier molecular flexibility index (Phi) is 4.51. The number of hydrogen-bond donors (Lipinski definition) is 2. The molecule has 0 bridgehead atoms. The molecule has 0 aromatic carbocycles. The minimum absolute atomic E-state index is 0.254. The molecule has 1 unspecified atom stereocenters. The van der Waals surface area contributed by atoms with Gasteiger partial charge in [0.05, 0.1) is 11.0 Å². The Morgan fingerprint density at radius 1 is 1.41 bits per heavy atom. The fraction of sp³-hybridized carbons (Fsp3) is 0.900. The van der Waals surface area contributed by atoms with Crippen LogP contribution in [0.15, 0.2) is 0 Å². The van der Waals surface area contributed by atoms with Crippen LogP contribution in [-0.4, -0.2) is 35.8 Å². The summed E-state index contributed by atoms with van der Waals surface area (Å²) in [6, 6.07) is -0.349. The molecule has 100 valence electrons. The molecule has 1 aliphatic rings. The maximum atomic E-state index is 12.2. The van der Waals surface area contributed by atoms with Crippen molar-refractivity contribution in [3.05, 3.63) is 0 Å². The lowest BCUT2D eigenvalue weighted by Gasteiger charge is -2.35. The first-order valence-corrected chi connectivity index (χ1v) is 7.58. The van der Waals surface area contributed by atoms with E-state index in [4.69, 9.17) is 18.0 Å². The molecule has 1 rings (SSSR count). The standard InChI is InChI=1S/C10H21N3O2S2/c1-10(2,3)12-17(14,15)13-7-5-4-6-8(13)9(11)16/h8,12H,4-7H2,1-3H3,(H2,11,16). The molecular formula is C10H21N3O2S2.